The van der Waals surface area contributed by atoms with Crippen molar-refractivity contribution in [1.29, 1.82) is 0 Å². The third-order valence-electron chi connectivity index (χ3n) is 4.68. The molecule has 1 saturated heterocycles. The number of benzene rings is 1. The average Bonchev–Trinajstić information content (AvgIpc) is 2.82. The van der Waals surface area contributed by atoms with Crippen LogP contribution in [0.5, 0.6) is 5.75 Å². The molecule has 2 aliphatic rings. The zero-order chi connectivity index (χ0) is 13.2. The second-order valence-corrected chi connectivity index (χ2v) is 5.85. The predicted octanol–water partition coefficient (Wildman–Crippen LogP) is 2.45. The Balaban J connectivity index is 1.61. The Morgan fingerprint density at radius 1 is 1.26 bits per heavy atom. The van der Waals surface area contributed by atoms with E-state index in [0.717, 1.165) is 6.42 Å². The largest absolute Gasteiger partial charge is 0.508 e. The first-order valence-electron chi connectivity index (χ1n) is 7.56. The van der Waals surface area contributed by atoms with Crippen molar-refractivity contribution in [2.24, 2.45) is 0 Å². The maximum absolute atomic E-state index is 9.53. The summed E-state index contributed by atoms with van der Waals surface area (Å²) < 4.78 is 0. The lowest BCUT2D eigenvalue weighted by atomic mass is 10.0. The van der Waals surface area contributed by atoms with Gasteiger partial charge < -0.3 is 15.3 Å². The Morgan fingerprint density at radius 3 is 2.79 bits per heavy atom. The Morgan fingerprint density at radius 2 is 2.05 bits per heavy atom. The molecule has 1 aliphatic carbocycles. The van der Waals surface area contributed by atoms with Gasteiger partial charge in [0.2, 0.25) is 0 Å². The van der Waals surface area contributed by atoms with E-state index in [1.54, 1.807) is 0 Å². The van der Waals surface area contributed by atoms with Gasteiger partial charge in [0.1, 0.15) is 5.75 Å². The van der Waals surface area contributed by atoms with E-state index in [1.165, 1.54) is 50.0 Å². The Bertz CT molecular complexity index is 438. The van der Waals surface area contributed by atoms with E-state index in [-0.39, 0.29) is 0 Å². The van der Waals surface area contributed by atoms with Crippen LogP contribution in [-0.2, 0) is 6.42 Å². The monoisotopic (exact) mass is 260 g/mol. The van der Waals surface area contributed by atoms with Crippen molar-refractivity contribution in [1.82, 2.24) is 10.2 Å². The minimum Gasteiger partial charge on any atom is -0.508 e. The maximum Gasteiger partial charge on any atom is 0.115 e. The minimum absolute atomic E-state index is 0.399. The van der Waals surface area contributed by atoms with Gasteiger partial charge in [0.15, 0.2) is 0 Å². The molecule has 2 N–H and O–H groups in total. The van der Waals surface area contributed by atoms with Gasteiger partial charge in [-0.2, -0.15) is 0 Å². The van der Waals surface area contributed by atoms with Crippen molar-refractivity contribution < 1.29 is 5.11 Å². The molecule has 1 unspecified atom stereocenters. The van der Waals surface area contributed by atoms with Crippen LogP contribution < -0.4 is 5.32 Å². The molecule has 1 fully saturated rings. The topological polar surface area (TPSA) is 35.5 Å². The Hall–Kier alpha value is -1.06. The van der Waals surface area contributed by atoms with Crippen molar-refractivity contribution >= 4 is 0 Å². The van der Waals surface area contributed by atoms with E-state index in [9.17, 15) is 5.11 Å². The number of phenolic OH excluding ortho intramolecular Hbond substituents is 1. The number of phenols is 1. The molecule has 0 bridgehead atoms. The maximum atomic E-state index is 9.53. The summed E-state index contributed by atoms with van der Waals surface area (Å²) in [6.45, 7) is 5.87. The number of piperidine rings is 1. The highest BCUT2D eigenvalue weighted by Gasteiger charge is 2.26. The Kier molecular flexibility index (Phi) is 3.76. The third-order valence-corrected chi connectivity index (χ3v) is 4.68. The van der Waals surface area contributed by atoms with Crippen molar-refractivity contribution in [2.75, 3.05) is 19.6 Å². The molecule has 3 nitrogen and oxygen atoms in total. The van der Waals surface area contributed by atoms with Crippen molar-refractivity contribution in [3.05, 3.63) is 29.3 Å². The van der Waals surface area contributed by atoms with Crippen LogP contribution in [0, 0.1) is 0 Å². The number of aryl methyl sites for hydroxylation is 1. The van der Waals surface area contributed by atoms with Crippen molar-refractivity contribution in [3.8, 4) is 5.75 Å². The number of rotatable bonds is 3. The van der Waals surface area contributed by atoms with E-state index in [4.69, 9.17) is 0 Å². The number of nitrogens with zero attached hydrogens (tertiary/aromatic N) is 1. The molecule has 0 amide bonds. The molecule has 19 heavy (non-hydrogen) atoms. The summed E-state index contributed by atoms with van der Waals surface area (Å²) in [6, 6.07) is 6.99. The molecule has 0 saturated carbocycles. The molecule has 1 aromatic carbocycles. The highest BCUT2D eigenvalue weighted by atomic mass is 16.3. The van der Waals surface area contributed by atoms with E-state index >= 15 is 0 Å². The third kappa shape index (κ3) is 2.77. The van der Waals surface area contributed by atoms with Gasteiger partial charge in [-0.15, -0.1) is 0 Å². The first-order valence-corrected chi connectivity index (χ1v) is 7.56. The molecule has 1 aliphatic heterocycles. The Labute approximate surface area is 115 Å². The zero-order valence-electron chi connectivity index (χ0n) is 11.7. The number of hydrogen-bond donors (Lipinski definition) is 2. The quantitative estimate of drug-likeness (QED) is 0.876. The van der Waals surface area contributed by atoms with E-state index in [1.807, 2.05) is 12.1 Å². The van der Waals surface area contributed by atoms with Gasteiger partial charge in [-0.1, -0.05) is 13.0 Å². The lowest BCUT2D eigenvalue weighted by Gasteiger charge is -2.33. The van der Waals surface area contributed by atoms with Crippen molar-refractivity contribution in [2.45, 2.75) is 44.7 Å². The minimum atomic E-state index is 0.399. The summed E-state index contributed by atoms with van der Waals surface area (Å²) in [5.74, 6) is 0.399. The van der Waals surface area contributed by atoms with Gasteiger partial charge in [-0.25, -0.2) is 0 Å². The van der Waals surface area contributed by atoms with E-state index in [2.05, 4.69) is 23.2 Å². The second-order valence-electron chi connectivity index (χ2n) is 5.85. The highest BCUT2D eigenvalue weighted by Crippen LogP contribution is 2.34. The zero-order valence-corrected chi connectivity index (χ0v) is 11.7. The van der Waals surface area contributed by atoms with Crippen LogP contribution in [-0.4, -0.2) is 35.7 Å². The number of likely N-dealkylation sites (tertiary alicyclic amines) is 1. The van der Waals surface area contributed by atoms with E-state index < -0.39 is 0 Å². The van der Waals surface area contributed by atoms with Gasteiger partial charge in [0.05, 0.1) is 0 Å². The molecule has 0 radical (unpaired) electrons. The molecular formula is C16H24N2O. The van der Waals surface area contributed by atoms with Crippen molar-refractivity contribution in [3.63, 3.8) is 0 Å². The number of hydrogen-bond acceptors (Lipinski definition) is 3. The predicted molar refractivity (Wildman–Crippen MR) is 77.4 cm³/mol. The van der Waals surface area contributed by atoms with Crippen LogP contribution >= 0.6 is 0 Å². The number of aromatic hydroxyl groups is 1. The molecule has 3 heteroatoms. The first kappa shape index (κ1) is 12.9. The summed E-state index contributed by atoms with van der Waals surface area (Å²) in [5, 5.41) is 13.4. The summed E-state index contributed by atoms with van der Waals surface area (Å²) >= 11 is 0. The van der Waals surface area contributed by atoms with Crippen LogP contribution in [0.3, 0.4) is 0 Å². The lowest BCUT2D eigenvalue weighted by Crippen LogP contribution is -2.43. The van der Waals surface area contributed by atoms with Crippen LogP contribution in [0.25, 0.3) is 0 Å². The fourth-order valence-electron chi connectivity index (χ4n) is 3.48. The fourth-order valence-corrected chi connectivity index (χ4v) is 3.48. The molecule has 3 rings (SSSR count). The molecule has 0 aromatic heterocycles. The van der Waals surface area contributed by atoms with Crippen LogP contribution in [0.4, 0.5) is 0 Å². The first-order chi connectivity index (χ1) is 9.26. The van der Waals surface area contributed by atoms with Crippen LogP contribution in [0.15, 0.2) is 18.2 Å². The molecule has 104 valence electrons. The smallest absolute Gasteiger partial charge is 0.115 e. The van der Waals surface area contributed by atoms with Gasteiger partial charge in [-0.05, 0) is 68.6 Å². The van der Waals surface area contributed by atoms with Gasteiger partial charge in [0.25, 0.3) is 0 Å². The molecular weight excluding hydrogens is 236 g/mol. The average molecular weight is 260 g/mol. The van der Waals surface area contributed by atoms with Gasteiger partial charge in [0, 0.05) is 12.1 Å². The standard InChI is InChI=1S/C16H24N2O/c1-2-18-9-7-13(8-10-18)17-16-6-3-12-11-14(19)4-5-15(12)16/h4-5,11,13,16-17,19H,2-3,6-10H2,1H3. The van der Waals surface area contributed by atoms with Crippen LogP contribution in [0.1, 0.15) is 43.4 Å². The number of nitrogens with one attached hydrogen (secondary N) is 1. The molecule has 0 spiro atoms. The van der Waals surface area contributed by atoms with Crippen LogP contribution in [0.2, 0.25) is 0 Å². The molecule has 1 heterocycles. The SMILES string of the molecule is CCN1CCC(NC2CCc3cc(O)ccc32)CC1. The normalized spacial score (nSPS) is 24.6. The fraction of sp³-hybridized carbons (Fsp3) is 0.625. The lowest BCUT2D eigenvalue weighted by molar-refractivity contribution is 0.198. The summed E-state index contributed by atoms with van der Waals surface area (Å²) in [6.07, 6.45) is 4.79. The summed E-state index contributed by atoms with van der Waals surface area (Å²) in [7, 11) is 0. The number of fused-ring (bicyclic) bond motifs is 1. The molecule has 1 atom stereocenters. The molecule has 1 aromatic rings. The highest BCUT2D eigenvalue weighted by molar-refractivity contribution is 5.40. The second kappa shape index (κ2) is 5.51. The van der Waals surface area contributed by atoms with E-state index in [0.29, 0.717) is 17.8 Å². The van der Waals surface area contributed by atoms with Gasteiger partial charge >= 0.3 is 0 Å². The van der Waals surface area contributed by atoms with Gasteiger partial charge in [-0.3, -0.25) is 0 Å². The summed E-state index contributed by atoms with van der Waals surface area (Å²) in [4.78, 5) is 2.53. The summed E-state index contributed by atoms with van der Waals surface area (Å²) in [5.41, 5.74) is 2.72.